The maximum atomic E-state index is 13.1. The summed E-state index contributed by atoms with van der Waals surface area (Å²) in [5.41, 5.74) is -0.244. The van der Waals surface area contributed by atoms with Crippen molar-refractivity contribution in [3.8, 4) is 5.75 Å². The van der Waals surface area contributed by atoms with E-state index in [0.29, 0.717) is 0 Å². The van der Waals surface area contributed by atoms with E-state index in [4.69, 9.17) is 11.6 Å². The van der Waals surface area contributed by atoms with Gasteiger partial charge in [0.2, 0.25) is 0 Å². The van der Waals surface area contributed by atoms with Gasteiger partial charge < -0.3 is 5.11 Å². The van der Waals surface area contributed by atoms with Gasteiger partial charge in [0.25, 0.3) is 10.0 Å². The highest BCUT2D eigenvalue weighted by molar-refractivity contribution is 7.92. The van der Waals surface area contributed by atoms with E-state index in [2.05, 4.69) is 0 Å². The summed E-state index contributed by atoms with van der Waals surface area (Å²) in [6.45, 7) is 0. The number of halogens is 3. The van der Waals surface area contributed by atoms with Crippen LogP contribution in [0.25, 0.3) is 0 Å². The fraction of sp³-hybridized carbons (Fsp3) is 0. The van der Waals surface area contributed by atoms with Crippen molar-refractivity contribution in [1.82, 2.24) is 0 Å². The summed E-state index contributed by atoms with van der Waals surface area (Å²) >= 11 is 5.70. The molecular weight excluding hydrogens is 312 g/mol. The predicted molar refractivity (Wildman–Crippen MR) is 70.3 cm³/mol. The highest BCUT2D eigenvalue weighted by atomic mass is 35.5. The van der Waals surface area contributed by atoms with Gasteiger partial charge in [0.1, 0.15) is 22.3 Å². The molecule has 0 amide bonds. The van der Waals surface area contributed by atoms with E-state index in [9.17, 15) is 22.3 Å². The molecule has 0 fully saturated rings. The number of hydrogen-bond donors (Lipinski definition) is 2. The number of aromatic hydroxyl groups is 1. The highest BCUT2D eigenvalue weighted by Gasteiger charge is 2.20. The van der Waals surface area contributed by atoms with Crippen molar-refractivity contribution in [2.75, 3.05) is 4.72 Å². The largest absolute Gasteiger partial charge is 0.506 e. The minimum atomic E-state index is -4.21. The fourth-order valence-corrected chi connectivity index (χ4v) is 3.06. The van der Waals surface area contributed by atoms with E-state index in [-0.39, 0.29) is 10.7 Å². The minimum Gasteiger partial charge on any atom is -0.506 e. The first-order chi connectivity index (χ1) is 9.29. The molecule has 0 aliphatic heterocycles. The number of phenols is 1. The van der Waals surface area contributed by atoms with E-state index in [1.807, 2.05) is 4.72 Å². The summed E-state index contributed by atoms with van der Waals surface area (Å²) in [5, 5.41) is 9.27. The van der Waals surface area contributed by atoms with Crippen molar-refractivity contribution in [2.24, 2.45) is 0 Å². The van der Waals surface area contributed by atoms with Gasteiger partial charge in [-0.05, 0) is 30.3 Å². The zero-order valence-electron chi connectivity index (χ0n) is 9.77. The van der Waals surface area contributed by atoms with Gasteiger partial charge in [-0.25, -0.2) is 17.2 Å². The Labute approximate surface area is 118 Å². The summed E-state index contributed by atoms with van der Waals surface area (Å²) < 4.78 is 52.0. The molecule has 0 aromatic heterocycles. The van der Waals surface area contributed by atoms with E-state index >= 15 is 0 Å². The van der Waals surface area contributed by atoms with Gasteiger partial charge in [-0.1, -0.05) is 11.6 Å². The molecule has 0 saturated carbocycles. The minimum absolute atomic E-state index is 0.180. The molecule has 0 spiro atoms. The third-order valence-corrected chi connectivity index (χ3v) is 4.23. The van der Waals surface area contributed by atoms with Crippen LogP contribution in [0.4, 0.5) is 14.5 Å². The molecule has 0 bridgehead atoms. The molecule has 0 atom stereocenters. The Hall–Kier alpha value is -1.86. The number of phenolic OH excluding ortho intramolecular Hbond substituents is 1. The molecule has 2 aromatic carbocycles. The van der Waals surface area contributed by atoms with Gasteiger partial charge in [-0.15, -0.1) is 0 Å². The Bertz CT molecular complexity index is 765. The number of rotatable bonds is 3. The molecule has 2 rings (SSSR count). The van der Waals surface area contributed by atoms with Gasteiger partial charge in [-0.2, -0.15) is 0 Å². The topological polar surface area (TPSA) is 66.4 Å². The lowest BCUT2D eigenvalue weighted by Crippen LogP contribution is -2.14. The lowest BCUT2D eigenvalue weighted by atomic mass is 10.3. The van der Waals surface area contributed by atoms with Crippen LogP contribution in [0.15, 0.2) is 41.3 Å². The van der Waals surface area contributed by atoms with Gasteiger partial charge in [0.15, 0.2) is 0 Å². The van der Waals surface area contributed by atoms with Crippen LogP contribution in [0.3, 0.4) is 0 Å². The molecular formula is C12H8ClF2NO3S. The molecule has 0 radical (unpaired) electrons. The molecule has 2 N–H and O–H groups in total. The second kappa shape index (κ2) is 5.26. The van der Waals surface area contributed by atoms with Crippen LogP contribution in [-0.4, -0.2) is 13.5 Å². The first-order valence-electron chi connectivity index (χ1n) is 5.26. The van der Waals surface area contributed by atoms with Crippen LogP contribution in [0.5, 0.6) is 5.75 Å². The molecule has 8 heteroatoms. The molecule has 106 valence electrons. The zero-order valence-corrected chi connectivity index (χ0v) is 11.3. The van der Waals surface area contributed by atoms with Crippen molar-refractivity contribution in [2.45, 2.75) is 4.90 Å². The molecule has 2 aromatic rings. The van der Waals surface area contributed by atoms with Crippen LogP contribution in [0, 0.1) is 11.6 Å². The fourth-order valence-electron chi connectivity index (χ4n) is 1.47. The van der Waals surface area contributed by atoms with Gasteiger partial charge in [0.05, 0.1) is 10.7 Å². The normalized spacial score (nSPS) is 11.3. The molecule has 0 heterocycles. The molecule has 20 heavy (non-hydrogen) atoms. The summed E-state index contributed by atoms with van der Waals surface area (Å²) in [6.07, 6.45) is 0. The summed E-state index contributed by atoms with van der Waals surface area (Å²) in [7, 11) is -4.21. The smallest absolute Gasteiger partial charge is 0.263 e. The second-order valence-electron chi connectivity index (χ2n) is 3.84. The average Bonchev–Trinajstić information content (AvgIpc) is 2.35. The van der Waals surface area contributed by atoms with Gasteiger partial charge >= 0.3 is 0 Å². The first-order valence-corrected chi connectivity index (χ1v) is 7.12. The van der Waals surface area contributed by atoms with E-state index < -0.39 is 32.3 Å². The average molecular weight is 320 g/mol. The zero-order chi connectivity index (χ0) is 14.9. The van der Waals surface area contributed by atoms with Gasteiger partial charge in [0, 0.05) is 6.07 Å². The van der Waals surface area contributed by atoms with E-state index in [0.717, 1.165) is 36.4 Å². The Balaban J connectivity index is 2.43. The van der Waals surface area contributed by atoms with Crippen LogP contribution < -0.4 is 4.72 Å². The quantitative estimate of drug-likeness (QED) is 0.854. The van der Waals surface area contributed by atoms with Crippen molar-refractivity contribution >= 4 is 27.3 Å². The lowest BCUT2D eigenvalue weighted by molar-refractivity contribution is 0.471. The Morgan fingerprint density at radius 3 is 2.30 bits per heavy atom. The van der Waals surface area contributed by atoms with Crippen molar-refractivity contribution in [3.63, 3.8) is 0 Å². The summed E-state index contributed by atoms with van der Waals surface area (Å²) in [6, 6.07) is 5.59. The standard InChI is InChI=1S/C12H8ClF2NO3S/c13-9-3-1-8(15)6-12(9)20(18,19)16-10-4-2-7(14)5-11(10)17/h1-6,16-17H. The van der Waals surface area contributed by atoms with Gasteiger partial charge in [-0.3, -0.25) is 4.72 Å². The van der Waals surface area contributed by atoms with Crippen LogP contribution in [-0.2, 0) is 10.0 Å². The predicted octanol–water partition coefficient (Wildman–Crippen LogP) is 3.12. The maximum absolute atomic E-state index is 13.1. The van der Waals surface area contributed by atoms with Crippen molar-refractivity contribution in [1.29, 1.82) is 0 Å². The number of benzene rings is 2. The summed E-state index contributed by atoms with van der Waals surface area (Å²) in [4.78, 5) is -0.483. The van der Waals surface area contributed by atoms with Crippen molar-refractivity contribution in [3.05, 3.63) is 53.1 Å². The maximum Gasteiger partial charge on any atom is 0.263 e. The van der Waals surface area contributed by atoms with Crippen LogP contribution in [0.1, 0.15) is 0 Å². The van der Waals surface area contributed by atoms with Crippen LogP contribution >= 0.6 is 11.6 Å². The Morgan fingerprint density at radius 2 is 1.65 bits per heavy atom. The molecule has 4 nitrogen and oxygen atoms in total. The highest BCUT2D eigenvalue weighted by Crippen LogP contribution is 2.29. The van der Waals surface area contributed by atoms with Crippen LogP contribution in [0.2, 0.25) is 5.02 Å². The molecule has 0 aliphatic carbocycles. The van der Waals surface area contributed by atoms with E-state index in [1.165, 1.54) is 0 Å². The third kappa shape index (κ3) is 3.00. The number of nitrogens with one attached hydrogen (secondary N) is 1. The molecule has 0 unspecified atom stereocenters. The number of sulfonamides is 1. The lowest BCUT2D eigenvalue weighted by Gasteiger charge is -2.10. The second-order valence-corrected chi connectivity index (χ2v) is 5.90. The Kier molecular flexibility index (Phi) is 3.82. The van der Waals surface area contributed by atoms with E-state index in [1.54, 1.807) is 0 Å². The third-order valence-electron chi connectivity index (χ3n) is 2.39. The SMILES string of the molecule is O=S(=O)(Nc1ccc(F)cc1O)c1cc(F)ccc1Cl. The molecule has 0 aliphatic rings. The monoisotopic (exact) mass is 319 g/mol. The molecule has 0 saturated heterocycles. The van der Waals surface area contributed by atoms with Crippen molar-refractivity contribution < 1.29 is 22.3 Å². The first kappa shape index (κ1) is 14.5. The number of anilines is 1. The Morgan fingerprint density at radius 1 is 1.05 bits per heavy atom. The number of hydrogen-bond acceptors (Lipinski definition) is 3. The summed E-state index contributed by atoms with van der Waals surface area (Å²) in [5.74, 6) is -2.10.